The van der Waals surface area contributed by atoms with E-state index in [4.69, 9.17) is 11.0 Å². The molecule has 3 nitrogen and oxygen atoms in total. The summed E-state index contributed by atoms with van der Waals surface area (Å²) in [5.41, 5.74) is 0.639. The van der Waals surface area contributed by atoms with E-state index in [1.165, 1.54) is 0 Å². The van der Waals surface area contributed by atoms with Gasteiger partial charge in [0.25, 0.3) is 6.43 Å². The van der Waals surface area contributed by atoms with Crippen LogP contribution >= 0.6 is 0 Å². The Kier molecular flexibility index (Phi) is 2.98. The van der Waals surface area contributed by atoms with Crippen molar-refractivity contribution in [2.24, 2.45) is 0 Å². The van der Waals surface area contributed by atoms with Crippen molar-refractivity contribution in [1.82, 2.24) is 4.98 Å². The Bertz CT molecular complexity index is 446. The molecule has 0 bridgehead atoms. The minimum atomic E-state index is -4.90. The maximum Gasteiger partial charge on any atom is 0.434 e. The SMILES string of the molecule is N#Cc1c(C(F)(F)F)ncc(C(F)F)c1N. The Morgan fingerprint density at radius 3 is 2.31 bits per heavy atom. The van der Waals surface area contributed by atoms with Gasteiger partial charge in [0.1, 0.15) is 11.6 Å². The molecule has 0 saturated heterocycles. The number of pyridine rings is 1. The van der Waals surface area contributed by atoms with E-state index in [-0.39, 0.29) is 0 Å². The highest BCUT2D eigenvalue weighted by atomic mass is 19.4. The van der Waals surface area contributed by atoms with Gasteiger partial charge in [-0.15, -0.1) is 0 Å². The number of hydrogen-bond acceptors (Lipinski definition) is 3. The van der Waals surface area contributed by atoms with Crippen LogP contribution in [0.3, 0.4) is 0 Å². The highest BCUT2D eigenvalue weighted by molar-refractivity contribution is 5.61. The maximum atomic E-state index is 12.3. The zero-order chi connectivity index (χ0) is 12.5. The molecule has 0 spiro atoms. The van der Waals surface area contributed by atoms with E-state index in [9.17, 15) is 22.0 Å². The fraction of sp³-hybridized carbons (Fsp3) is 0.250. The van der Waals surface area contributed by atoms with E-state index in [1.807, 2.05) is 0 Å². The lowest BCUT2D eigenvalue weighted by molar-refractivity contribution is -0.141. The Morgan fingerprint density at radius 1 is 1.38 bits per heavy atom. The van der Waals surface area contributed by atoms with Gasteiger partial charge in [-0.05, 0) is 0 Å². The van der Waals surface area contributed by atoms with E-state index >= 15 is 0 Å². The average Bonchev–Trinajstić information content (AvgIpc) is 2.15. The lowest BCUT2D eigenvalue weighted by atomic mass is 10.1. The first-order valence-corrected chi connectivity index (χ1v) is 3.82. The van der Waals surface area contributed by atoms with Gasteiger partial charge in [0, 0.05) is 6.20 Å². The first kappa shape index (κ1) is 12.2. The van der Waals surface area contributed by atoms with E-state index in [0.29, 0.717) is 6.20 Å². The molecular weight excluding hydrogens is 233 g/mol. The van der Waals surface area contributed by atoms with Gasteiger partial charge in [-0.2, -0.15) is 18.4 Å². The van der Waals surface area contributed by atoms with Crippen molar-refractivity contribution < 1.29 is 22.0 Å². The molecule has 0 aromatic carbocycles. The summed E-state index contributed by atoms with van der Waals surface area (Å²) in [7, 11) is 0. The molecule has 0 radical (unpaired) electrons. The average molecular weight is 237 g/mol. The van der Waals surface area contributed by atoms with Gasteiger partial charge >= 0.3 is 6.18 Å². The number of nitriles is 1. The fourth-order valence-corrected chi connectivity index (χ4v) is 1.04. The van der Waals surface area contributed by atoms with Gasteiger partial charge in [-0.3, -0.25) is 0 Å². The van der Waals surface area contributed by atoms with E-state index in [2.05, 4.69) is 4.98 Å². The van der Waals surface area contributed by atoms with Crippen LogP contribution in [0.25, 0.3) is 0 Å². The minimum Gasteiger partial charge on any atom is -0.397 e. The van der Waals surface area contributed by atoms with E-state index < -0.39 is 35.1 Å². The summed E-state index contributed by atoms with van der Waals surface area (Å²) in [6.07, 6.45) is -7.66. The highest BCUT2D eigenvalue weighted by Gasteiger charge is 2.37. The predicted octanol–water partition coefficient (Wildman–Crippen LogP) is 2.49. The minimum absolute atomic E-state index is 0.323. The van der Waals surface area contributed by atoms with Crippen molar-refractivity contribution in [3.05, 3.63) is 23.0 Å². The van der Waals surface area contributed by atoms with Crippen molar-refractivity contribution >= 4 is 5.69 Å². The molecule has 16 heavy (non-hydrogen) atoms. The smallest absolute Gasteiger partial charge is 0.397 e. The molecule has 1 heterocycles. The molecule has 0 aliphatic heterocycles. The summed E-state index contributed by atoms with van der Waals surface area (Å²) >= 11 is 0. The second-order valence-corrected chi connectivity index (χ2v) is 2.76. The molecule has 2 N–H and O–H groups in total. The van der Waals surface area contributed by atoms with Crippen molar-refractivity contribution in [3.8, 4) is 6.07 Å². The third-order valence-corrected chi connectivity index (χ3v) is 1.77. The topological polar surface area (TPSA) is 62.7 Å². The van der Waals surface area contributed by atoms with Gasteiger partial charge in [-0.1, -0.05) is 0 Å². The molecule has 1 rings (SSSR count). The summed E-state index contributed by atoms with van der Waals surface area (Å²) in [5.74, 6) is 0. The molecule has 0 saturated carbocycles. The van der Waals surface area contributed by atoms with Crippen molar-refractivity contribution in [3.63, 3.8) is 0 Å². The number of nitrogens with zero attached hydrogens (tertiary/aromatic N) is 2. The van der Waals surface area contributed by atoms with Crippen LogP contribution in [0.15, 0.2) is 6.20 Å². The van der Waals surface area contributed by atoms with Gasteiger partial charge in [-0.25, -0.2) is 13.8 Å². The zero-order valence-electron chi connectivity index (χ0n) is 7.52. The van der Waals surface area contributed by atoms with Crippen molar-refractivity contribution in [2.75, 3.05) is 5.73 Å². The summed E-state index contributed by atoms with van der Waals surface area (Å²) in [4.78, 5) is 2.80. The Hall–Kier alpha value is -1.91. The third-order valence-electron chi connectivity index (χ3n) is 1.77. The second-order valence-electron chi connectivity index (χ2n) is 2.76. The Balaban J connectivity index is 3.49. The lowest BCUT2D eigenvalue weighted by Crippen LogP contribution is -2.14. The first-order valence-electron chi connectivity index (χ1n) is 3.82. The van der Waals surface area contributed by atoms with Gasteiger partial charge < -0.3 is 5.73 Å². The quantitative estimate of drug-likeness (QED) is 0.763. The first-order chi connectivity index (χ1) is 7.29. The summed E-state index contributed by atoms with van der Waals surface area (Å²) in [6, 6.07) is 1.12. The van der Waals surface area contributed by atoms with Gasteiger partial charge in [0.2, 0.25) is 0 Å². The lowest BCUT2D eigenvalue weighted by Gasteiger charge is -2.11. The molecule has 1 aromatic rings. The van der Waals surface area contributed by atoms with Crippen LogP contribution in [0.1, 0.15) is 23.2 Å². The van der Waals surface area contributed by atoms with Crippen LogP contribution in [0, 0.1) is 11.3 Å². The molecular formula is C8H4F5N3. The summed E-state index contributed by atoms with van der Waals surface area (Å²) < 4.78 is 61.4. The van der Waals surface area contributed by atoms with Crippen LogP contribution in [0.4, 0.5) is 27.6 Å². The van der Waals surface area contributed by atoms with Crippen LogP contribution in [-0.4, -0.2) is 4.98 Å². The number of hydrogen-bond donors (Lipinski definition) is 1. The van der Waals surface area contributed by atoms with Crippen LogP contribution in [0.5, 0.6) is 0 Å². The van der Waals surface area contributed by atoms with E-state index in [1.54, 1.807) is 0 Å². The zero-order valence-corrected chi connectivity index (χ0v) is 7.52. The summed E-state index contributed by atoms with van der Waals surface area (Å²) in [5, 5.41) is 8.45. The molecule has 0 fully saturated rings. The number of aromatic nitrogens is 1. The van der Waals surface area contributed by atoms with Crippen LogP contribution in [-0.2, 0) is 6.18 Å². The summed E-state index contributed by atoms with van der Waals surface area (Å²) in [6.45, 7) is 0. The predicted molar refractivity (Wildman–Crippen MR) is 43.3 cm³/mol. The highest BCUT2D eigenvalue weighted by Crippen LogP contribution is 2.35. The standard InChI is InChI=1S/C8H4F5N3/c9-7(10)4-2-16-6(8(11,12)13)3(1-14)5(4)15/h2,7H,(H2,15,16). The van der Waals surface area contributed by atoms with E-state index in [0.717, 1.165) is 6.07 Å². The molecule has 8 heteroatoms. The molecule has 0 aliphatic rings. The number of anilines is 1. The third kappa shape index (κ3) is 2.03. The molecule has 0 unspecified atom stereocenters. The maximum absolute atomic E-state index is 12.3. The van der Waals surface area contributed by atoms with Gasteiger partial charge in [0.05, 0.1) is 11.3 Å². The molecule has 86 valence electrons. The molecule has 0 aliphatic carbocycles. The number of rotatable bonds is 1. The Labute approximate surface area is 86.3 Å². The van der Waals surface area contributed by atoms with Crippen molar-refractivity contribution in [2.45, 2.75) is 12.6 Å². The molecule has 1 aromatic heterocycles. The van der Waals surface area contributed by atoms with Crippen LogP contribution < -0.4 is 5.73 Å². The normalized spacial score (nSPS) is 11.6. The number of alkyl halides is 5. The Morgan fingerprint density at radius 2 is 1.94 bits per heavy atom. The monoisotopic (exact) mass is 237 g/mol. The fourth-order valence-electron chi connectivity index (χ4n) is 1.04. The molecule has 0 atom stereocenters. The largest absolute Gasteiger partial charge is 0.434 e. The van der Waals surface area contributed by atoms with Gasteiger partial charge in [0.15, 0.2) is 5.69 Å². The number of nitrogen functional groups attached to an aromatic ring is 1. The number of nitrogens with two attached hydrogens (primary N) is 1. The van der Waals surface area contributed by atoms with Crippen LogP contribution in [0.2, 0.25) is 0 Å². The molecule has 0 amide bonds. The number of halogens is 5. The van der Waals surface area contributed by atoms with Crippen molar-refractivity contribution in [1.29, 1.82) is 5.26 Å². The second kappa shape index (κ2) is 3.92.